The molecular weight excluding hydrogens is 316 g/mol. The molecule has 1 aliphatic rings. The van der Waals surface area contributed by atoms with Gasteiger partial charge in [-0.1, -0.05) is 19.1 Å². The molecule has 0 aliphatic heterocycles. The fourth-order valence-corrected chi connectivity index (χ4v) is 3.17. The van der Waals surface area contributed by atoms with Gasteiger partial charge in [0.1, 0.15) is 11.5 Å². The van der Waals surface area contributed by atoms with Gasteiger partial charge in [-0.15, -0.1) is 11.8 Å². The number of unbranched alkanes of at least 4 members (excludes halogenated alkanes) is 1. The van der Waals surface area contributed by atoms with Crippen LogP contribution in [-0.4, -0.2) is 22.3 Å². The summed E-state index contributed by atoms with van der Waals surface area (Å²) in [5, 5.41) is 18.9. The van der Waals surface area contributed by atoms with Crippen LogP contribution in [0.5, 0.6) is 0 Å². The fourth-order valence-electron chi connectivity index (χ4n) is 3.17. The van der Waals surface area contributed by atoms with Gasteiger partial charge in [-0.25, -0.2) is 0 Å². The first-order valence-electron chi connectivity index (χ1n) is 9.10. The van der Waals surface area contributed by atoms with Crippen LogP contribution in [0.4, 0.5) is 0 Å². The molecule has 0 aromatic carbocycles. The van der Waals surface area contributed by atoms with E-state index in [0.29, 0.717) is 18.8 Å². The Morgan fingerprint density at radius 3 is 3.00 bits per heavy atom. The average molecular weight is 344 g/mol. The molecule has 0 bridgehead atoms. The molecule has 0 fully saturated rings. The summed E-state index contributed by atoms with van der Waals surface area (Å²) in [7, 11) is 0. The maximum absolute atomic E-state index is 10.5. The number of aryl methyl sites for hydroxylation is 2. The Morgan fingerprint density at radius 1 is 1.48 bits per heavy atom. The van der Waals surface area contributed by atoms with Crippen LogP contribution in [0.25, 0.3) is 0 Å². The Morgan fingerprint density at radius 2 is 2.28 bits per heavy atom. The third-order valence-electron chi connectivity index (χ3n) is 4.76. The highest BCUT2D eigenvalue weighted by Crippen LogP contribution is 2.37. The van der Waals surface area contributed by atoms with Crippen LogP contribution in [0.3, 0.4) is 0 Å². The average Bonchev–Trinajstić information content (AvgIpc) is 3.14. The van der Waals surface area contributed by atoms with Crippen LogP contribution in [0, 0.1) is 17.8 Å². The highest BCUT2D eigenvalue weighted by molar-refractivity contribution is 5.66. The summed E-state index contributed by atoms with van der Waals surface area (Å²) < 4.78 is 5.91. The van der Waals surface area contributed by atoms with E-state index in [0.717, 1.165) is 37.2 Å². The Kier molecular flexibility index (Phi) is 7.33. The van der Waals surface area contributed by atoms with E-state index in [2.05, 4.69) is 24.0 Å². The third kappa shape index (κ3) is 5.79. The SMILES string of the molecule is CC#CC[C@H](C)[C@H](O)C=C[C@H]1CCc2oc(CCCCC(=O)O)cc21. The van der Waals surface area contributed by atoms with Gasteiger partial charge in [-0.2, -0.15) is 0 Å². The lowest BCUT2D eigenvalue weighted by Gasteiger charge is -2.13. The number of aliphatic hydroxyl groups is 1. The third-order valence-corrected chi connectivity index (χ3v) is 4.76. The quantitative estimate of drug-likeness (QED) is 0.402. The van der Waals surface area contributed by atoms with Gasteiger partial charge in [0.05, 0.1) is 6.10 Å². The first-order valence-corrected chi connectivity index (χ1v) is 9.10. The number of carboxylic acid groups (broad SMARTS) is 1. The topological polar surface area (TPSA) is 70.7 Å². The number of carbonyl (C=O) groups is 1. The molecule has 4 nitrogen and oxygen atoms in total. The van der Waals surface area contributed by atoms with E-state index in [-0.39, 0.29) is 12.3 Å². The number of allylic oxidation sites excluding steroid dienone is 1. The molecule has 136 valence electrons. The number of fused-ring (bicyclic) bond motifs is 1. The molecular formula is C21H28O4. The molecule has 3 atom stereocenters. The van der Waals surface area contributed by atoms with Crippen LogP contribution in [0.15, 0.2) is 22.6 Å². The molecule has 25 heavy (non-hydrogen) atoms. The number of hydrogen-bond acceptors (Lipinski definition) is 3. The predicted octanol–water partition coefficient (Wildman–Crippen LogP) is 4.07. The number of aliphatic hydroxyl groups excluding tert-OH is 1. The molecule has 0 amide bonds. The van der Waals surface area contributed by atoms with E-state index < -0.39 is 12.1 Å². The summed E-state index contributed by atoms with van der Waals surface area (Å²) in [5.74, 6) is 7.54. The molecule has 1 aromatic heterocycles. The summed E-state index contributed by atoms with van der Waals surface area (Å²) in [6.07, 6.45) is 8.64. The second kappa shape index (κ2) is 9.48. The highest BCUT2D eigenvalue weighted by Gasteiger charge is 2.25. The molecule has 2 N–H and O–H groups in total. The van der Waals surface area contributed by atoms with E-state index >= 15 is 0 Å². The van der Waals surface area contributed by atoms with Crippen molar-refractivity contribution in [3.8, 4) is 11.8 Å². The van der Waals surface area contributed by atoms with Crippen LogP contribution >= 0.6 is 0 Å². The second-order valence-electron chi connectivity index (χ2n) is 6.82. The van der Waals surface area contributed by atoms with E-state index in [1.807, 2.05) is 19.9 Å². The van der Waals surface area contributed by atoms with Crippen molar-refractivity contribution in [2.45, 2.75) is 70.8 Å². The maximum Gasteiger partial charge on any atom is 0.303 e. The molecule has 0 radical (unpaired) electrons. The van der Waals surface area contributed by atoms with Crippen molar-refractivity contribution in [3.05, 3.63) is 35.3 Å². The van der Waals surface area contributed by atoms with Gasteiger partial charge >= 0.3 is 5.97 Å². The molecule has 0 unspecified atom stereocenters. The minimum Gasteiger partial charge on any atom is -0.481 e. The maximum atomic E-state index is 10.5. The lowest BCUT2D eigenvalue weighted by Crippen LogP contribution is -2.14. The number of furan rings is 1. The first-order chi connectivity index (χ1) is 12.0. The van der Waals surface area contributed by atoms with Gasteiger partial charge in [-0.3, -0.25) is 4.79 Å². The molecule has 1 aromatic rings. The molecule has 0 saturated heterocycles. The van der Waals surface area contributed by atoms with Gasteiger partial charge in [-0.05, 0) is 38.2 Å². The zero-order valence-corrected chi connectivity index (χ0v) is 15.1. The predicted molar refractivity (Wildman–Crippen MR) is 97.3 cm³/mol. The minimum absolute atomic E-state index is 0.124. The Labute approximate surface area is 149 Å². The normalized spacial score (nSPS) is 18.6. The van der Waals surface area contributed by atoms with Gasteiger partial charge in [0.2, 0.25) is 0 Å². The van der Waals surface area contributed by atoms with Crippen molar-refractivity contribution in [3.63, 3.8) is 0 Å². The van der Waals surface area contributed by atoms with E-state index in [9.17, 15) is 9.90 Å². The van der Waals surface area contributed by atoms with Gasteiger partial charge in [0, 0.05) is 37.2 Å². The molecule has 4 heteroatoms. The van der Waals surface area contributed by atoms with Crippen LogP contribution in [0.2, 0.25) is 0 Å². The summed E-state index contributed by atoms with van der Waals surface area (Å²) >= 11 is 0. The van der Waals surface area contributed by atoms with Crippen molar-refractivity contribution in [1.82, 2.24) is 0 Å². The van der Waals surface area contributed by atoms with Crippen molar-refractivity contribution < 1.29 is 19.4 Å². The van der Waals surface area contributed by atoms with Crippen LogP contribution in [0.1, 0.15) is 69.0 Å². The summed E-state index contributed by atoms with van der Waals surface area (Å²) in [6.45, 7) is 3.82. The van der Waals surface area contributed by atoms with Crippen molar-refractivity contribution in [2.75, 3.05) is 0 Å². The minimum atomic E-state index is -0.746. The fraction of sp³-hybridized carbons (Fsp3) is 0.571. The van der Waals surface area contributed by atoms with Crippen LogP contribution < -0.4 is 0 Å². The Hall–Kier alpha value is -1.99. The zero-order chi connectivity index (χ0) is 18.2. The van der Waals surface area contributed by atoms with Crippen molar-refractivity contribution in [2.24, 2.45) is 5.92 Å². The largest absolute Gasteiger partial charge is 0.481 e. The summed E-state index contributed by atoms with van der Waals surface area (Å²) in [6, 6.07) is 2.11. The van der Waals surface area contributed by atoms with Gasteiger partial charge < -0.3 is 14.6 Å². The monoisotopic (exact) mass is 344 g/mol. The molecule has 1 heterocycles. The lowest BCUT2D eigenvalue weighted by molar-refractivity contribution is -0.137. The number of hydrogen-bond donors (Lipinski definition) is 2. The van der Waals surface area contributed by atoms with E-state index in [4.69, 9.17) is 9.52 Å². The van der Waals surface area contributed by atoms with Gasteiger partial charge in [0.15, 0.2) is 0 Å². The number of carboxylic acids is 1. The van der Waals surface area contributed by atoms with Crippen molar-refractivity contribution in [1.29, 1.82) is 0 Å². The number of aliphatic carboxylic acids is 1. The Bertz CT molecular complexity index is 659. The Balaban J connectivity index is 1.88. The molecule has 0 spiro atoms. The molecule has 0 saturated carbocycles. The zero-order valence-electron chi connectivity index (χ0n) is 15.1. The van der Waals surface area contributed by atoms with Crippen molar-refractivity contribution >= 4 is 5.97 Å². The van der Waals surface area contributed by atoms with E-state index in [1.165, 1.54) is 5.56 Å². The first kappa shape index (κ1) is 19.3. The number of rotatable bonds is 9. The van der Waals surface area contributed by atoms with Crippen LogP contribution in [-0.2, 0) is 17.6 Å². The van der Waals surface area contributed by atoms with Gasteiger partial charge in [0.25, 0.3) is 0 Å². The molecule has 2 rings (SSSR count). The summed E-state index contributed by atoms with van der Waals surface area (Å²) in [4.78, 5) is 10.5. The second-order valence-corrected chi connectivity index (χ2v) is 6.82. The highest BCUT2D eigenvalue weighted by atomic mass is 16.4. The smallest absolute Gasteiger partial charge is 0.303 e. The molecule has 1 aliphatic carbocycles. The summed E-state index contributed by atoms with van der Waals surface area (Å²) in [5.41, 5.74) is 1.22. The standard InChI is InChI=1S/C21H28O4/c1-3-4-7-15(2)19(22)12-10-16-11-13-20-18(16)14-17(25-20)8-5-6-9-21(23)24/h10,12,14-16,19,22H,5-9,11,13H2,1-2H3,(H,23,24)/t15-,16-,19+/m0/s1. The lowest BCUT2D eigenvalue weighted by atomic mass is 9.97. The van der Waals surface area contributed by atoms with E-state index in [1.54, 1.807) is 0 Å².